The van der Waals surface area contributed by atoms with Gasteiger partial charge in [-0.05, 0) is 61.9 Å². The second-order valence-corrected chi connectivity index (χ2v) is 6.34. The molecule has 1 saturated heterocycles. The molecule has 1 aliphatic rings. The molecule has 1 N–H and O–H groups in total. The van der Waals surface area contributed by atoms with E-state index in [1.807, 2.05) is 0 Å². The Morgan fingerprint density at radius 2 is 1.79 bits per heavy atom. The van der Waals surface area contributed by atoms with Crippen LogP contribution in [0, 0.1) is 11.8 Å². The standard InChI is InChI=1S/C17H28N2/c1-14(2)12-15-4-6-17(7-5-15)19(3)13-16-8-10-18-11-9-16/h4-7,14,16,18H,8-13H2,1-3H3. The van der Waals surface area contributed by atoms with Crippen molar-refractivity contribution in [1.29, 1.82) is 0 Å². The molecule has 2 rings (SSSR count). The number of piperidine rings is 1. The average Bonchev–Trinajstić information content (AvgIpc) is 2.40. The van der Waals surface area contributed by atoms with Gasteiger partial charge in [-0.25, -0.2) is 0 Å². The van der Waals surface area contributed by atoms with Crippen molar-refractivity contribution in [3.8, 4) is 0 Å². The van der Waals surface area contributed by atoms with Gasteiger partial charge in [0.1, 0.15) is 0 Å². The smallest absolute Gasteiger partial charge is 0.0363 e. The van der Waals surface area contributed by atoms with Crippen molar-refractivity contribution in [2.24, 2.45) is 11.8 Å². The van der Waals surface area contributed by atoms with Gasteiger partial charge < -0.3 is 10.2 Å². The van der Waals surface area contributed by atoms with Gasteiger partial charge in [-0.3, -0.25) is 0 Å². The summed E-state index contributed by atoms with van der Waals surface area (Å²) in [5, 5.41) is 3.43. The van der Waals surface area contributed by atoms with Crippen molar-refractivity contribution in [2.75, 3.05) is 31.6 Å². The fourth-order valence-corrected chi connectivity index (χ4v) is 2.91. The zero-order valence-corrected chi connectivity index (χ0v) is 12.7. The lowest BCUT2D eigenvalue weighted by atomic mass is 9.97. The monoisotopic (exact) mass is 260 g/mol. The van der Waals surface area contributed by atoms with Gasteiger partial charge in [-0.2, -0.15) is 0 Å². The second kappa shape index (κ2) is 6.95. The fraction of sp³-hybridized carbons (Fsp3) is 0.647. The van der Waals surface area contributed by atoms with Gasteiger partial charge >= 0.3 is 0 Å². The summed E-state index contributed by atoms with van der Waals surface area (Å²) in [6.45, 7) is 8.11. The van der Waals surface area contributed by atoms with Crippen LogP contribution in [0.2, 0.25) is 0 Å². The van der Waals surface area contributed by atoms with Crippen LogP contribution in [-0.4, -0.2) is 26.7 Å². The zero-order valence-electron chi connectivity index (χ0n) is 12.7. The molecule has 1 fully saturated rings. The highest BCUT2D eigenvalue weighted by atomic mass is 15.1. The highest BCUT2D eigenvalue weighted by Gasteiger charge is 2.15. The Hall–Kier alpha value is -1.02. The van der Waals surface area contributed by atoms with Crippen molar-refractivity contribution >= 4 is 5.69 Å². The lowest BCUT2D eigenvalue weighted by Crippen LogP contribution is -2.34. The van der Waals surface area contributed by atoms with E-state index < -0.39 is 0 Å². The van der Waals surface area contributed by atoms with E-state index in [4.69, 9.17) is 0 Å². The van der Waals surface area contributed by atoms with Gasteiger partial charge in [0.05, 0.1) is 0 Å². The van der Waals surface area contributed by atoms with E-state index in [0.717, 1.165) is 11.8 Å². The first kappa shape index (κ1) is 14.4. The maximum Gasteiger partial charge on any atom is 0.0363 e. The van der Waals surface area contributed by atoms with Crippen molar-refractivity contribution in [3.05, 3.63) is 29.8 Å². The van der Waals surface area contributed by atoms with E-state index >= 15 is 0 Å². The van der Waals surface area contributed by atoms with Crippen molar-refractivity contribution in [2.45, 2.75) is 33.1 Å². The van der Waals surface area contributed by atoms with Crippen molar-refractivity contribution < 1.29 is 0 Å². The normalized spacial score (nSPS) is 16.8. The van der Waals surface area contributed by atoms with E-state index in [1.54, 1.807) is 0 Å². The Kier molecular flexibility index (Phi) is 5.26. The van der Waals surface area contributed by atoms with Gasteiger partial charge in [0, 0.05) is 19.3 Å². The predicted molar refractivity (Wildman–Crippen MR) is 83.8 cm³/mol. The Balaban J connectivity index is 1.89. The van der Waals surface area contributed by atoms with E-state index in [0.29, 0.717) is 0 Å². The van der Waals surface area contributed by atoms with Crippen molar-refractivity contribution in [1.82, 2.24) is 5.32 Å². The minimum Gasteiger partial charge on any atom is -0.374 e. The van der Waals surface area contributed by atoms with Crippen LogP contribution >= 0.6 is 0 Å². The lowest BCUT2D eigenvalue weighted by Gasteiger charge is -2.29. The Bertz CT molecular complexity index is 363. The minimum absolute atomic E-state index is 0.735. The lowest BCUT2D eigenvalue weighted by molar-refractivity contribution is 0.378. The van der Waals surface area contributed by atoms with Gasteiger partial charge in [-0.1, -0.05) is 26.0 Å². The van der Waals surface area contributed by atoms with Crippen molar-refractivity contribution in [3.63, 3.8) is 0 Å². The Labute approximate surface area is 118 Å². The molecule has 0 radical (unpaired) electrons. The van der Waals surface area contributed by atoms with Gasteiger partial charge in [0.2, 0.25) is 0 Å². The fourth-order valence-electron chi connectivity index (χ4n) is 2.91. The third-order valence-electron chi connectivity index (χ3n) is 4.01. The minimum atomic E-state index is 0.735. The number of nitrogens with zero attached hydrogens (tertiary/aromatic N) is 1. The van der Waals surface area contributed by atoms with Gasteiger partial charge in [-0.15, -0.1) is 0 Å². The number of rotatable bonds is 5. The first-order valence-corrected chi connectivity index (χ1v) is 7.66. The molecule has 2 nitrogen and oxygen atoms in total. The molecule has 2 heteroatoms. The van der Waals surface area contributed by atoms with Crippen LogP contribution in [0.3, 0.4) is 0 Å². The first-order valence-electron chi connectivity index (χ1n) is 7.66. The third kappa shape index (κ3) is 4.54. The number of benzene rings is 1. The molecule has 0 atom stereocenters. The molecule has 1 heterocycles. The first-order chi connectivity index (χ1) is 9.15. The van der Waals surface area contributed by atoms with Gasteiger partial charge in [0.15, 0.2) is 0 Å². The molecule has 0 bridgehead atoms. The van der Waals surface area contributed by atoms with Crippen LogP contribution in [0.5, 0.6) is 0 Å². The van der Waals surface area contributed by atoms with Crippen LogP contribution in [-0.2, 0) is 6.42 Å². The molecular weight excluding hydrogens is 232 g/mol. The number of hydrogen-bond donors (Lipinski definition) is 1. The number of anilines is 1. The van der Waals surface area contributed by atoms with Crippen LogP contribution in [0.25, 0.3) is 0 Å². The molecule has 0 spiro atoms. The molecule has 106 valence electrons. The summed E-state index contributed by atoms with van der Waals surface area (Å²) in [4.78, 5) is 2.41. The molecule has 19 heavy (non-hydrogen) atoms. The van der Waals surface area contributed by atoms with E-state index in [-0.39, 0.29) is 0 Å². The topological polar surface area (TPSA) is 15.3 Å². The zero-order chi connectivity index (χ0) is 13.7. The van der Waals surface area contributed by atoms with Gasteiger partial charge in [0.25, 0.3) is 0 Å². The summed E-state index contributed by atoms with van der Waals surface area (Å²) in [5.41, 5.74) is 2.81. The van der Waals surface area contributed by atoms with Crippen LogP contribution in [0.15, 0.2) is 24.3 Å². The quantitative estimate of drug-likeness (QED) is 0.873. The third-order valence-corrected chi connectivity index (χ3v) is 4.01. The van der Waals surface area contributed by atoms with E-state index in [9.17, 15) is 0 Å². The average molecular weight is 260 g/mol. The van der Waals surface area contributed by atoms with E-state index in [1.165, 1.54) is 50.1 Å². The molecule has 1 aromatic rings. The largest absolute Gasteiger partial charge is 0.374 e. The molecule has 1 aromatic carbocycles. The highest BCUT2D eigenvalue weighted by molar-refractivity contribution is 5.47. The predicted octanol–water partition coefficient (Wildman–Crippen LogP) is 3.32. The maximum absolute atomic E-state index is 3.43. The molecule has 0 amide bonds. The summed E-state index contributed by atoms with van der Waals surface area (Å²) in [5.74, 6) is 1.58. The Morgan fingerprint density at radius 3 is 2.37 bits per heavy atom. The molecule has 0 aromatic heterocycles. The number of hydrogen-bond acceptors (Lipinski definition) is 2. The highest BCUT2D eigenvalue weighted by Crippen LogP contribution is 2.20. The molecule has 0 aliphatic carbocycles. The molecule has 0 unspecified atom stereocenters. The maximum atomic E-state index is 3.43. The molecular formula is C17H28N2. The van der Waals surface area contributed by atoms with Crippen LogP contribution in [0.1, 0.15) is 32.3 Å². The summed E-state index contributed by atoms with van der Waals surface area (Å²) in [6, 6.07) is 9.13. The summed E-state index contributed by atoms with van der Waals surface area (Å²) in [7, 11) is 2.22. The Morgan fingerprint density at radius 1 is 1.16 bits per heavy atom. The van der Waals surface area contributed by atoms with E-state index in [2.05, 4.69) is 55.4 Å². The molecule has 1 aliphatic heterocycles. The second-order valence-electron chi connectivity index (χ2n) is 6.34. The number of nitrogens with one attached hydrogen (secondary N) is 1. The molecule has 0 saturated carbocycles. The summed E-state index contributed by atoms with van der Waals surface area (Å²) >= 11 is 0. The van der Waals surface area contributed by atoms with Crippen LogP contribution in [0.4, 0.5) is 5.69 Å². The van der Waals surface area contributed by atoms with Crippen LogP contribution < -0.4 is 10.2 Å². The summed E-state index contributed by atoms with van der Waals surface area (Å²) < 4.78 is 0. The summed E-state index contributed by atoms with van der Waals surface area (Å²) in [6.07, 6.45) is 3.81. The SMILES string of the molecule is CC(C)Cc1ccc(N(C)CC2CCNCC2)cc1.